The monoisotopic (exact) mass is 895 g/mol. The van der Waals surface area contributed by atoms with Crippen molar-refractivity contribution in [2.75, 3.05) is 33.0 Å². The van der Waals surface area contributed by atoms with Gasteiger partial charge in [-0.1, -0.05) is 62.4 Å². The molecule has 1 saturated heterocycles. The summed E-state index contributed by atoms with van der Waals surface area (Å²) in [6.07, 6.45) is -10.4. The van der Waals surface area contributed by atoms with Gasteiger partial charge in [-0.2, -0.15) is 0 Å². The van der Waals surface area contributed by atoms with Gasteiger partial charge in [0.1, 0.15) is 35.6 Å². The maximum Gasteiger partial charge on any atom is 0.408 e. The van der Waals surface area contributed by atoms with E-state index in [1.165, 1.54) is 19.1 Å². The molecule has 2 saturated carbocycles. The Labute approximate surface area is 372 Å². The Kier molecular flexibility index (Phi) is 14.2. The number of rotatable bonds is 14. The molecule has 2 aromatic carbocycles. The molecule has 5 N–H and O–H groups in total. The molecule has 0 spiro atoms. The SMILES string of the molecule is CC(=O)O[C@@]12CO[C@@H]1C[C@H](OCCO)[C@@]1(C)C(=O)[C@H](OCCO)C3=C(C)[C@@H](OC(=O)[C@H](O)[C@@H](NC(=O)OC(C)(C)C)c4ccccc4)C[C@@](O)([C@@H](OC(=O)c4ccccc4)[C@H]21)C3(C)C. The quantitative estimate of drug-likeness (QED) is 0.104. The lowest BCUT2D eigenvalue weighted by molar-refractivity contribution is -0.349. The van der Waals surface area contributed by atoms with Crippen molar-refractivity contribution in [2.24, 2.45) is 16.7 Å². The first-order valence-electron chi connectivity index (χ1n) is 21.5. The van der Waals surface area contributed by atoms with Crippen molar-refractivity contribution in [1.29, 1.82) is 0 Å². The van der Waals surface area contributed by atoms with Crippen molar-refractivity contribution < 1.29 is 77.6 Å². The van der Waals surface area contributed by atoms with E-state index in [4.69, 9.17) is 33.2 Å². The Bertz CT molecular complexity index is 2090. The van der Waals surface area contributed by atoms with E-state index in [1.807, 2.05) is 0 Å². The van der Waals surface area contributed by atoms with Crippen LogP contribution in [0.2, 0.25) is 0 Å². The number of aliphatic hydroxyl groups is 4. The molecule has 1 heterocycles. The molecule has 0 unspecified atom stereocenters. The largest absolute Gasteiger partial charge is 0.456 e. The Balaban J connectivity index is 1.56. The van der Waals surface area contributed by atoms with Crippen molar-refractivity contribution in [1.82, 2.24) is 5.32 Å². The second-order valence-corrected chi connectivity index (χ2v) is 18.7. The Morgan fingerprint density at radius 1 is 0.922 bits per heavy atom. The first kappa shape index (κ1) is 48.7. The number of nitrogens with one attached hydrogen (secondary N) is 1. The molecule has 3 fully saturated rings. The van der Waals surface area contributed by atoms with Crippen LogP contribution in [-0.4, -0.2) is 137 Å². The average molecular weight is 896 g/mol. The van der Waals surface area contributed by atoms with E-state index < -0.39 is 126 Å². The van der Waals surface area contributed by atoms with Crippen molar-refractivity contribution in [2.45, 2.75) is 128 Å². The summed E-state index contributed by atoms with van der Waals surface area (Å²) in [6, 6.07) is 14.7. The van der Waals surface area contributed by atoms with Crippen LogP contribution < -0.4 is 5.32 Å². The third-order valence-corrected chi connectivity index (χ3v) is 13.3. The summed E-state index contributed by atoms with van der Waals surface area (Å²) in [4.78, 5) is 70.9. The van der Waals surface area contributed by atoms with Crippen molar-refractivity contribution in [3.05, 3.63) is 82.9 Å². The molecule has 2 aromatic rings. The van der Waals surface area contributed by atoms with Crippen LogP contribution in [0.25, 0.3) is 0 Å². The van der Waals surface area contributed by atoms with E-state index in [-0.39, 0.29) is 43.0 Å². The standard InChI is InChI=1S/C47H61NO16/c1-26-30(61-41(55)35(52)34(28-15-11-9-12-16-28)48-42(56)64-43(3,4)5)24-47(57)39(62-40(54)29-17-13-10-14-18-29)37-45(8,38(53)36(59-22-20-50)33(26)44(47,6)7)31(58-21-19-49)23-32-46(37,25-60-32)63-27(2)51/h9-18,30-32,34-37,39,49-50,52,57H,19-25H2,1-8H3,(H,48,56)/t30-,31-,32+,34-,35+,36+,37-,39-,45+,46-,47+/m0/s1. The molecule has 1 aliphatic heterocycles. The van der Waals surface area contributed by atoms with E-state index in [0.29, 0.717) is 5.56 Å². The molecule has 64 heavy (non-hydrogen) atoms. The number of ketones is 1. The summed E-state index contributed by atoms with van der Waals surface area (Å²) in [6.45, 7) is 10.7. The van der Waals surface area contributed by atoms with Gasteiger partial charge >= 0.3 is 24.0 Å². The second kappa shape index (κ2) is 18.6. The smallest absolute Gasteiger partial charge is 0.408 e. The minimum atomic E-state index is -2.34. The lowest BCUT2D eigenvalue weighted by Gasteiger charge is -2.68. The molecule has 2 bridgehead atoms. The highest BCUT2D eigenvalue weighted by molar-refractivity contribution is 5.94. The summed E-state index contributed by atoms with van der Waals surface area (Å²) in [5.74, 6) is -4.99. The van der Waals surface area contributed by atoms with Gasteiger partial charge in [0.15, 0.2) is 17.5 Å². The fourth-order valence-corrected chi connectivity index (χ4v) is 10.3. The number of amides is 1. The zero-order valence-electron chi connectivity index (χ0n) is 37.5. The minimum Gasteiger partial charge on any atom is -0.456 e. The number of alkyl carbamates (subject to hydrolysis) is 1. The van der Waals surface area contributed by atoms with Gasteiger partial charge in [-0.3, -0.25) is 9.59 Å². The zero-order valence-corrected chi connectivity index (χ0v) is 37.5. The summed E-state index contributed by atoms with van der Waals surface area (Å²) in [5, 5.41) is 48.2. The topological polar surface area (TPSA) is 243 Å². The van der Waals surface area contributed by atoms with Crippen LogP contribution in [0.1, 0.15) is 90.2 Å². The summed E-state index contributed by atoms with van der Waals surface area (Å²) < 4.78 is 42.8. The van der Waals surface area contributed by atoms with Gasteiger partial charge in [0, 0.05) is 25.2 Å². The molecule has 11 atom stereocenters. The number of hydrogen-bond donors (Lipinski definition) is 5. The molecule has 1 amide bonds. The molecule has 17 heteroatoms. The number of carbonyl (C=O) groups excluding carboxylic acids is 5. The second-order valence-electron chi connectivity index (χ2n) is 18.7. The number of esters is 3. The van der Waals surface area contributed by atoms with Gasteiger partial charge in [-0.15, -0.1) is 0 Å². The van der Waals surface area contributed by atoms with Crippen LogP contribution >= 0.6 is 0 Å². The lowest BCUT2D eigenvalue weighted by atomic mass is 9.44. The molecular formula is C47H61NO16. The fourth-order valence-electron chi connectivity index (χ4n) is 10.3. The number of ether oxygens (including phenoxy) is 7. The van der Waals surface area contributed by atoms with Crippen molar-refractivity contribution >= 4 is 29.8 Å². The Morgan fingerprint density at radius 2 is 1.53 bits per heavy atom. The number of benzene rings is 2. The fraction of sp³-hybridized carbons (Fsp3) is 0.596. The summed E-state index contributed by atoms with van der Waals surface area (Å²) in [5.41, 5.74) is -7.61. The van der Waals surface area contributed by atoms with E-state index >= 15 is 4.79 Å². The molecule has 4 aliphatic rings. The number of hydrogen-bond acceptors (Lipinski definition) is 16. The molecule has 0 aromatic heterocycles. The molecule has 17 nitrogen and oxygen atoms in total. The lowest BCUT2D eigenvalue weighted by Crippen LogP contribution is -2.82. The van der Waals surface area contributed by atoms with E-state index in [9.17, 15) is 39.6 Å². The third-order valence-electron chi connectivity index (χ3n) is 13.3. The average Bonchev–Trinajstić information content (AvgIpc) is 3.23. The zero-order chi connectivity index (χ0) is 47.0. The molecular weight excluding hydrogens is 835 g/mol. The van der Waals surface area contributed by atoms with Crippen molar-refractivity contribution in [3.63, 3.8) is 0 Å². The Hall–Kier alpha value is -4.75. The number of fused-ring (bicyclic) bond motifs is 5. The number of aliphatic hydroxyl groups excluding tert-OH is 3. The van der Waals surface area contributed by atoms with Crippen LogP contribution in [-0.2, 0) is 47.5 Å². The van der Waals surface area contributed by atoms with Gasteiger partial charge in [-0.25, -0.2) is 14.4 Å². The van der Waals surface area contributed by atoms with Gasteiger partial charge in [0.05, 0.1) is 62.1 Å². The van der Waals surface area contributed by atoms with Crippen LogP contribution in [0.4, 0.5) is 4.79 Å². The molecule has 0 radical (unpaired) electrons. The molecule has 6 rings (SSSR count). The summed E-state index contributed by atoms with van der Waals surface area (Å²) in [7, 11) is 0. The maximum absolute atomic E-state index is 15.9. The van der Waals surface area contributed by atoms with Gasteiger partial charge < -0.3 is 58.9 Å². The number of carbonyl (C=O) groups is 5. The first-order chi connectivity index (χ1) is 30.1. The van der Waals surface area contributed by atoms with Crippen LogP contribution in [0.3, 0.4) is 0 Å². The predicted molar refractivity (Wildman–Crippen MR) is 225 cm³/mol. The van der Waals surface area contributed by atoms with Crippen LogP contribution in [0.15, 0.2) is 71.8 Å². The maximum atomic E-state index is 15.9. The van der Waals surface area contributed by atoms with Gasteiger partial charge in [0.2, 0.25) is 0 Å². The highest BCUT2D eigenvalue weighted by Crippen LogP contribution is 2.65. The number of Topliss-reactive ketones (excluding diaryl/α,β-unsaturated/α-hetero) is 1. The normalized spacial score (nSPS) is 31.7. The first-order valence-corrected chi connectivity index (χ1v) is 21.5. The molecule has 3 aliphatic carbocycles. The molecule has 350 valence electrons. The van der Waals surface area contributed by atoms with Gasteiger partial charge in [-0.05, 0) is 63.5 Å². The van der Waals surface area contributed by atoms with Crippen molar-refractivity contribution in [3.8, 4) is 0 Å². The van der Waals surface area contributed by atoms with E-state index in [0.717, 1.165) is 0 Å². The van der Waals surface area contributed by atoms with E-state index in [2.05, 4.69) is 5.32 Å². The third kappa shape index (κ3) is 8.83. The Morgan fingerprint density at radius 3 is 2.09 bits per heavy atom. The minimum absolute atomic E-state index is 0.0179. The van der Waals surface area contributed by atoms with Crippen LogP contribution in [0, 0.1) is 16.7 Å². The highest BCUT2D eigenvalue weighted by Gasteiger charge is 2.78. The van der Waals surface area contributed by atoms with Gasteiger partial charge in [0.25, 0.3) is 0 Å². The van der Waals surface area contributed by atoms with E-state index in [1.54, 1.807) is 97.0 Å². The van der Waals surface area contributed by atoms with Crippen LogP contribution in [0.5, 0.6) is 0 Å². The highest BCUT2D eigenvalue weighted by atomic mass is 16.6. The summed E-state index contributed by atoms with van der Waals surface area (Å²) >= 11 is 0. The predicted octanol–water partition coefficient (Wildman–Crippen LogP) is 3.29.